The van der Waals surface area contributed by atoms with Gasteiger partial charge in [-0.05, 0) is 24.1 Å². The molecule has 1 atom stereocenters. The first-order valence-corrected chi connectivity index (χ1v) is 6.75. The van der Waals surface area contributed by atoms with Crippen LogP contribution in [-0.2, 0) is 18.3 Å². The second kappa shape index (κ2) is 6.39. The number of hydrogen-bond acceptors (Lipinski definition) is 3. The summed E-state index contributed by atoms with van der Waals surface area (Å²) in [5, 5.41) is 16.1. The zero-order valence-corrected chi connectivity index (χ0v) is 12.0. The van der Waals surface area contributed by atoms with Crippen molar-refractivity contribution in [3.8, 4) is 5.75 Å². The van der Waals surface area contributed by atoms with Gasteiger partial charge in [-0.1, -0.05) is 13.0 Å². The number of aromatic nitrogens is 2. The van der Waals surface area contributed by atoms with Gasteiger partial charge in [-0.2, -0.15) is 5.10 Å². The standard InChI is InChI=1S/C15H18FN3O2/c1-3-13(11-8-17-19(2)9-11)18-15(21)7-10-4-5-14(20)12(16)6-10/h4-6,8-9,13,20H,3,7H2,1-2H3,(H,18,21). The Labute approximate surface area is 122 Å². The molecule has 0 radical (unpaired) electrons. The van der Waals surface area contributed by atoms with Crippen molar-refractivity contribution >= 4 is 5.91 Å². The van der Waals surface area contributed by atoms with Crippen LogP contribution in [0.1, 0.15) is 30.5 Å². The van der Waals surface area contributed by atoms with Gasteiger partial charge in [0.15, 0.2) is 11.6 Å². The summed E-state index contributed by atoms with van der Waals surface area (Å²) >= 11 is 0. The minimum absolute atomic E-state index is 0.0635. The van der Waals surface area contributed by atoms with Crippen LogP contribution in [0.4, 0.5) is 4.39 Å². The van der Waals surface area contributed by atoms with Gasteiger partial charge in [-0.25, -0.2) is 4.39 Å². The number of amides is 1. The monoisotopic (exact) mass is 291 g/mol. The van der Waals surface area contributed by atoms with Crippen molar-refractivity contribution < 1.29 is 14.3 Å². The summed E-state index contributed by atoms with van der Waals surface area (Å²) in [4.78, 5) is 12.0. The molecule has 5 nitrogen and oxygen atoms in total. The van der Waals surface area contributed by atoms with Crippen LogP contribution in [0.5, 0.6) is 5.75 Å². The predicted octanol–water partition coefficient (Wildman–Crippen LogP) is 2.07. The zero-order chi connectivity index (χ0) is 15.4. The van der Waals surface area contributed by atoms with Crippen molar-refractivity contribution in [3.63, 3.8) is 0 Å². The molecule has 0 aliphatic rings. The van der Waals surface area contributed by atoms with Crippen LogP contribution in [0.3, 0.4) is 0 Å². The van der Waals surface area contributed by atoms with E-state index >= 15 is 0 Å². The van der Waals surface area contributed by atoms with Gasteiger partial charge in [0.1, 0.15) is 0 Å². The van der Waals surface area contributed by atoms with Gasteiger partial charge in [0.05, 0.1) is 18.7 Å². The number of phenols is 1. The number of nitrogens with one attached hydrogen (secondary N) is 1. The summed E-state index contributed by atoms with van der Waals surface area (Å²) in [5.41, 5.74) is 1.45. The van der Waals surface area contributed by atoms with Crippen molar-refractivity contribution in [2.24, 2.45) is 7.05 Å². The van der Waals surface area contributed by atoms with E-state index in [0.717, 1.165) is 12.0 Å². The maximum Gasteiger partial charge on any atom is 0.224 e. The van der Waals surface area contributed by atoms with Crippen LogP contribution in [0, 0.1) is 5.82 Å². The maximum atomic E-state index is 13.2. The molecular formula is C15H18FN3O2. The average molecular weight is 291 g/mol. The molecule has 21 heavy (non-hydrogen) atoms. The summed E-state index contributed by atoms with van der Waals surface area (Å²) < 4.78 is 14.9. The van der Waals surface area contributed by atoms with E-state index in [1.165, 1.54) is 18.2 Å². The number of carbonyl (C=O) groups excluding carboxylic acids is 1. The van der Waals surface area contributed by atoms with Gasteiger partial charge >= 0.3 is 0 Å². The summed E-state index contributed by atoms with van der Waals surface area (Å²) in [7, 11) is 1.82. The van der Waals surface area contributed by atoms with Crippen molar-refractivity contribution in [1.29, 1.82) is 0 Å². The average Bonchev–Trinajstić information content (AvgIpc) is 2.87. The van der Waals surface area contributed by atoms with E-state index in [1.54, 1.807) is 10.9 Å². The predicted molar refractivity (Wildman–Crippen MR) is 76.2 cm³/mol. The number of rotatable bonds is 5. The molecule has 6 heteroatoms. The van der Waals surface area contributed by atoms with E-state index in [2.05, 4.69) is 10.4 Å². The SMILES string of the molecule is CCC(NC(=O)Cc1ccc(O)c(F)c1)c1cnn(C)c1. The molecule has 1 aromatic carbocycles. The van der Waals surface area contributed by atoms with Crippen molar-refractivity contribution in [2.45, 2.75) is 25.8 Å². The number of benzene rings is 1. The number of hydrogen-bond donors (Lipinski definition) is 2. The summed E-state index contributed by atoms with van der Waals surface area (Å²) in [6.45, 7) is 1.97. The molecule has 0 saturated carbocycles. The van der Waals surface area contributed by atoms with E-state index < -0.39 is 11.6 Å². The van der Waals surface area contributed by atoms with Gasteiger partial charge in [0.25, 0.3) is 0 Å². The lowest BCUT2D eigenvalue weighted by molar-refractivity contribution is -0.121. The Bertz CT molecular complexity index is 640. The number of aromatic hydroxyl groups is 1. The van der Waals surface area contributed by atoms with Crippen LogP contribution >= 0.6 is 0 Å². The van der Waals surface area contributed by atoms with Crippen LogP contribution < -0.4 is 5.32 Å². The van der Waals surface area contributed by atoms with Crippen molar-refractivity contribution in [3.05, 3.63) is 47.5 Å². The first-order valence-electron chi connectivity index (χ1n) is 6.75. The highest BCUT2D eigenvalue weighted by Crippen LogP contribution is 2.18. The summed E-state index contributed by atoms with van der Waals surface area (Å²) in [5.74, 6) is -1.34. The molecule has 1 unspecified atom stereocenters. The molecule has 0 bridgehead atoms. The Morgan fingerprint density at radius 1 is 1.52 bits per heavy atom. The van der Waals surface area contributed by atoms with Crippen molar-refractivity contribution in [2.75, 3.05) is 0 Å². The van der Waals surface area contributed by atoms with Gasteiger partial charge in [-0.3, -0.25) is 9.48 Å². The Morgan fingerprint density at radius 2 is 2.29 bits per heavy atom. The fourth-order valence-electron chi connectivity index (χ4n) is 2.13. The van der Waals surface area contributed by atoms with E-state index in [0.29, 0.717) is 5.56 Å². The molecule has 0 spiro atoms. The molecule has 0 aliphatic carbocycles. The Kier molecular flexibility index (Phi) is 4.57. The fourth-order valence-corrected chi connectivity index (χ4v) is 2.13. The molecule has 0 fully saturated rings. The number of carbonyl (C=O) groups is 1. The molecule has 2 rings (SSSR count). The quantitative estimate of drug-likeness (QED) is 0.886. The minimum atomic E-state index is -0.723. The smallest absolute Gasteiger partial charge is 0.224 e. The van der Waals surface area contributed by atoms with E-state index in [1.807, 2.05) is 20.2 Å². The lowest BCUT2D eigenvalue weighted by Crippen LogP contribution is -2.29. The lowest BCUT2D eigenvalue weighted by atomic mass is 10.1. The van der Waals surface area contributed by atoms with Crippen LogP contribution in [0.25, 0.3) is 0 Å². The summed E-state index contributed by atoms with van der Waals surface area (Å²) in [6, 6.07) is 3.83. The fraction of sp³-hybridized carbons (Fsp3) is 0.333. The van der Waals surface area contributed by atoms with E-state index in [-0.39, 0.29) is 18.4 Å². The third kappa shape index (κ3) is 3.81. The van der Waals surface area contributed by atoms with Gasteiger partial charge in [0.2, 0.25) is 5.91 Å². The number of nitrogens with zero attached hydrogens (tertiary/aromatic N) is 2. The first-order chi connectivity index (χ1) is 9.99. The molecule has 2 N–H and O–H groups in total. The molecule has 0 aliphatic heterocycles. The Morgan fingerprint density at radius 3 is 2.86 bits per heavy atom. The first kappa shape index (κ1) is 15.0. The Balaban J connectivity index is 2.01. The molecule has 1 amide bonds. The van der Waals surface area contributed by atoms with Crippen LogP contribution in [0.15, 0.2) is 30.6 Å². The van der Waals surface area contributed by atoms with Gasteiger partial charge in [-0.15, -0.1) is 0 Å². The maximum absolute atomic E-state index is 13.2. The van der Waals surface area contributed by atoms with Crippen molar-refractivity contribution in [1.82, 2.24) is 15.1 Å². The molecule has 0 saturated heterocycles. The normalized spacial score (nSPS) is 12.1. The highest BCUT2D eigenvalue weighted by molar-refractivity contribution is 5.79. The summed E-state index contributed by atoms with van der Waals surface area (Å²) in [6.07, 6.45) is 4.37. The number of phenolic OH excluding ortho intramolecular Hbond substituents is 1. The third-order valence-corrected chi connectivity index (χ3v) is 3.25. The number of halogens is 1. The second-order valence-electron chi connectivity index (χ2n) is 4.94. The van der Waals surface area contributed by atoms with Crippen LogP contribution in [0.2, 0.25) is 0 Å². The lowest BCUT2D eigenvalue weighted by Gasteiger charge is -2.15. The Hall–Kier alpha value is -2.37. The molecule has 1 heterocycles. The molecule has 1 aromatic heterocycles. The van der Waals surface area contributed by atoms with E-state index in [9.17, 15) is 9.18 Å². The largest absolute Gasteiger partial charge is 0.505 e. The second-order valence-corrected chi connectivity index (χ2v) is 4.94. The highest BCUT2D eigenvalue weighted by atomic mass is 19.1. The highest BCUT2D eigenvalue weighted by Gasteiger charge is 2.15. The van der Waals surface area contributed by atoms with Gasteiger partial charge < -0.3 is 10.4 Å². The van der Waals surface area contributed by atoms with Gasteiger partial charge in [0, 0.05) is 18.8 Å². The zero-order valence-electron chi connectivity index (χ0n) is 12.0. The topological polar surface area (TPSA) is 67.2 Å². The molecular weight excluding hydrogens is 273 g/mol. The van der Waals surface area contributed by atoms with Crippen LogP contribution in [-0.4, -0.2) is 20.8 Å². The third-order valence-electron chi connectivity index (χ3n) is 3.25. The molecule has 112 valence electrons. The van der Waals surface area contributed by atoms with E-state index in [4.69, 9.17) is 5.11 Å². The molecule has 2 aromatic rings. The minimum Gasteiger partial charge on any atom is -0.505 e. The number of aryl methyl sites for hydroxylation is 1.